The Morgan fingerprint density at radius 1 is 1.00 bits per heavy atom. The Morgan fingerprint density at radius 2 is 1.62 bits per heavy atom. The third kappa shape index (κ3) is 4.51. The molecule has 128 valence electrons. The van der Waals surface area contributed by atoms with Crippen LogP contribution in [0.15, 0.2) is 42.5 Å². The molecule has 0 saturated carbocycles. The number of carbonyl (C=O) groups is 1. The van der Waals surface area contributed by atoms with Gasteiger partial charge in [-0.3, -0.25) is 4.79 Å². The van der Waals surface area contributed by atoms with Crippen molar-refractivity contribution in [3.05, 3.63) is 59.2 Å². The van der Waals surface area contributed by atoms with Gasteiger partial charge in [0.2, 0.25) is 0 Å². The van der Waals surface area contributed by atoms with E-state index in [-0.39, 0.29) is 11.9 Å². The van der Waals surface area contributed by atoms with E-state index in [1.165, 1.54) is 11.1 Å². The van der Waals surface area contributed by atoms with Crippen molar-refractivity contribution < 1.29 is 14.3 Å². The first-order chi connectivity index (χ1) is 11.4. The van der Waals surface area contributed by atoms with Crippen LogP contribution in [0.4, 0.5) is 0 Å². The van der Waals surface area contributed by atoms with Gasteiger partial charge in [-0.05, 0) is 63.1 Å². The second-order valence-corrected chi connectivity index (χ2v) is 6.03. The molecule has 1 amide bonds. The third-order valence-corrected chi connectivity index (χ3v) is 3.99. The molecule has 0 bridgehead atoms. The van der Waals surface area contributed by atoms with E-state index in [4.69, 9.17) is 9.47 Å². The van der Waals surface area contributed by atoms with E-state index in [1.807, 2.05) is 6.92 Å². The molecule has 0 heterocycles. The first kappa shape index (κ1) is 17.9. The van der Waals surface area contributed by atoms with Gasteiger partial charge in [-0.2, -0.15) is 0 Å². The molecule has 4 nitrogen and oxygen atoms in total. The smallest absolute Gasteiger partial charge is 0.261 e. The van der Waals surface area contributed by atoms with E-state index in [0.29, 0.717) is 5.75 Å². The molecule has 2 aromatic rings. The lowest BCUT2D eigenvalue weighted by atomic mass is 10.0. The number of benzene rings is 2. The molecular formula is C20H25NO3. The van der Waals surface area contributed by atoms with Gasteiger partial charge in [0.1, 0.15) is 11.5 Å². The van der Waals surface area contributed by atoms with Crippen LogP contribution in [0, 0.1) is 13.8 Å². The highest BCUT2D eigenvalue weighted by atomic mass is 16.5. The van der Waals surface area contributed by atoms with Gasteiger partial charge >= 0.3 is 0 Å². The largest absolute Gasteiger partial charge is 0.497 e. The van der Waals surface area contributed by atoms with Crippen molar-refractivity contribution in [2.24, 2.45) is 0 Å². The predicted molar refractivity (Wildman–Crippen MR) is 95.6 cm³/mol. The summed E-state index contributed by atoms with van der Waals surface area (Å²) >= 11 is 0. The van der Waals surface area contributed by atoms with E-state index >= 15 is 0 Å². The van der Waals surface area contributed by atoms with Crippen molar-refractivity contribution in [3.8, 4) is 11.5 Å². The maximum Gasteiger partial charge on any atom is 0.261 e. The van der Waals surface area contributed by atoms with Crippen molar-refractivity contribution in [1.29, 1.82) is 0 Å². The monoisotopic (exact) mass is 327 g/mol. The number of methoxy groups -OCH3 is 1. The molecule has 0 aliphatic heterocycles. The molecule has 24 heavy (non-hydrogen) atoms. The highest BCUT2D eigenvalue weighted by Gasteiger charge is 2.18. The maximum absolute atomic E-state index is 12.4. The molecule has 0 saturated heterocycles. The first-order valence-electron chi connectivity index (χ1n) is 8.09. The number of carbonyl (C=O) groups excluding carboxylic acids is 1. The summed E-state index contributed by atoms with van der Waals surface area (Å²) in [4.78, 5) is 12.4. The van der Waals surface area contributed by atoms with Crippen LogP contribution in [0.5, 0.6) is 11.5 Å². The molecule has 0 unspecified atom stereocenters. The zero-order chi connectivity index (χ0) is 17.7. The molecule has 2 atom stereocenters. The normalized spacial score (nSPS) is 13.0. The van der Waals surface area contributed by atoms with Gasteiger partial charge in [-0.1, -0.05) is 23.8 Å². The number of rotatable bonds is 6. The summed E-state index contributed by atoms with van der Waals surface area (Å²) < 4.78 is 10.8. The molecule has 4 heteroatoms. The minimum atomic E-state index is -0.577. The highest BCUT2D eigenvalue weighted by Crippen LogP contribution is 2.20. The van der Waals surface area contributed by atoms with E-state index in [2.05, 4.69) is 37.4 Å². The van der Waals surface area contributed by atoms with Gasteiger partial charge in [0, 0.05) is 0 Å². The van der Waals surface area contributed by atoms with Gasteiger partial charge in [-0.25, -0.2) is 0 Å². The van der Waals surface area contributed by atoms with E-state index in [1.54, 1.807) is 38.3 Å². The average Bonchev–Trinajstić information content (AvgIpc) is 2.55. The summed E-state index contributed by atoms with van der Waals surface area (Å²) in [5, 5.41) is 3.01. The van der Waals surface area contributed by atoms with E-state index in [0.717, 1.165) is 11.3 Å². The van der Waals surface area contributed by atoms with Crippen molar-refractivity contribution in [1.82, 2.24) is 5.32 Å². The summed E-state index contributed by atoms with van der Waals surface area (Å²) in [5.41, 5.74) is 3.50. The van der Waals surface area contributed by atoms with E-state index in [9.17, 15) is 4.79 Å². The fourth-order valence-electron chi connectivity index (χ4n) is 2.63. The third-order valence-electron chi connectivity index (χ3n) is 3.99. The Balaban J connectivity index is 1.97. The molecule has 2 rings (SSSR count). The van der Waals surface area contributed by atoms with Gasteiger partial charge in [-0.15, -0.1) is 0 Å². The van der Waals surface area contributed by atoms with Gasteiger partial charge in [0.25, 0.3) is 5.91 Å². The van der Waals surface area contributed by atoms with Crippen molar-refractivity contribution in [2.75, 3.05) is 7.11 Å². The minimum absolute atomic E-state index is 0.0694. The molecule has 0 aliphatic rings. The first-order valence-corrected chi connectivity index (χ1v) is 8.09. The molecule has 0 radical (unpaired) electrons. The summed E-state index contributed by atoms with van der Waals surface area (Å²) in [5.74, 6) is 1.25. The standard InChI is InChI=1S/C20H25NO3/c1-13-6-11-19(14(2)12-13)15(3)21-20(22)16(4)24-18-9-7-17(23-5)8-10-18/h6-12,15-16H,1-5H3,(H,21,22)/t15-,16-/m1/s1. The van der Waals surface area contributed by atoms with Crippen LogP contribution >= 0.6 is 0 Å². The second-order valence-electron chi connectivity index (χ2n) is 6.03. The maximum atomic E-state index is 12.4. The fraction of sp³-hybridized carbons (Fsp3) is 0.350. The number of aryl methyl sites for hydroxylation is 2. The van der Waals surface area contributed by atoms with E-state index < -0.39 is 6.10 Å². The Hall–Kier alpha value is -2.49. The van der Waals surface area contributed by atoms with Crippen LogP contribution < -0.4 is 14.8 Å². The second kappa shape index (κ2) is 7.86. The number of hydrogen-bond donors (Lipinski definition) is 1. The Bertz CT molecular complexity index is 695. The summed E-state index contributed by atoms with van der Waals surface area (Å²) in [6.07, 6.45) is -0.577. The Morgan fingerprint density at radius 3 is 2.21 bits per heavy atom. The van der Waals surface area contributed by atoms with Crippen LogP contribution in [-0.4, -0.2) is 19.1 Å². The minimum Gasteiger partial charge on any atom is -0.497 e. The highest BCUT2D eigenvalue weighted by molar-refractivity contribution is 5.81. The summed E-state index contributed by atoms with van der Waals surface area (Å²) in [7, 11) is 1.61. The van der Waals surface area contributed by atoms with Crippen LogP contribution in [0.25, 0.3) is 0 Å². The van der Waals surface area contributed by atoms with Crippen LogP contribution in [0.1, 0.15) is 36.6 Å². The number of hydrogen-bond acceptors (Lipinski definition) is 3. The zero-order valence-electron chi connectivity index (χ0n) is 14.9. The van der Waals surface area contributed by atoms with Gasteiger partial charge < -0.3 is 14.8 Å². The topological polar surface area (TPSA) is 47.6 Å². The van der Waals surface area contributed by atoms with Crippen molar-refractivity contribution in [3.63, 3.8) is 0 Å². The quantitative estimate of drug-likeness (QED) is 0.874. The molecule has 2 aromatic carbocycles. The summed E-state index contributed by atoms with van der Waals surface area (Å²) in [6, 6.07) is 13.4. The van der Waals surface area contributed by atoms with Gasteiger partial charge in [0.15, 0.2) is 6.10 Å². The molecule has 0 aliphatic carbocycles. The average molecular weight is 327 g/mol. The lowest BCUT2D eigenvalue weighted by Gasteiger charge is -2.20. The van der Waals surface area contributed by atoms with Gasteiger partial charge in [0.05, 0.1) is 13.2 Å². The lowest BCUT2D eigenvalue weighted by molar-refractivity contribution is -0.127. The molecular weight excluding hydrogens is 302 g/mol. The number of nitrogens with one attached hydrogen (secondary N) is 1. The molecule has 0 fully saturated rings. The van der Waals surface area contributed by atoms with Crippen LogP contribution in [0.2, 0.25) is 0 Å². The number of amides is 1. The zero-order valence-corrected chi connectivity index (χ0v) is 14.9. The van der Waals surface area contributed by atoms with Crippen molar-refractivity contribution >= 4 is 5.91 Å². The SMILES string of the molecule is COc1ccc(O[C@H](C)C(=O)N[C@H](C)c2ccc(C)cc2C)cc1. The van der Waals surface area contributed by atoms with Crippen LogP contribution in [-0.2, 0) is 4.79 Å². The molecule has 0 spiro atoms. The Labute approximate surface area is 143 Å². The predicted octanol–water partition coefficient (Wildman–Crippen LogP) is 3.96. The molecule has 0 aromatic heterocycles. The summed E-state index contributed by atoms with van der Waals surface area (Å²) in [6.45, 7) is 7.84. The fourth-order valence-corrected chi connectivity index (χ4v) is 2.63. The van der Waals surface area contributed by atoms with Crippen molar-refractivity contribution in [2.45, 2.75) is 39.8 Å². The lowest BCUT2D eigenvalue weighted by Crippen LogP contribution is -2.37. The Kier molecular flexibility index (Phi) is 5.85. The molecule has 1 N–H and O–H groups in total. The number of ether oxygens (including phenoxy) is 2. The van der Waals surface area contributed by atoms with Crippen LogP contribution in [0.3, 0.4) is 0 Å².